The van der Waals surface area contributed by atoms with Crippen LogP contribution in [0.3, 0.4) is 0 Å². The second-order valence-electron chi connectivity index (χ2n) is 8.06. The second-order valence-corrected chi connectivity index (χ2v) is 10.1. The number of halogens is 1. The first kappa shape index (κ1) is 21.4. The van der Waals surface area contributed by atoms with Crippen LogP contribution in [0, 0.1) is 11.3 Å². The Kier molecular flexibility index (Phi) is 7.59. The minimum Gasteiger partial charge on any atom is -0.377 e. The molecule has 25 heavy (non-hydrogen) atoms. The highest BCUT2D eigenvalue weighted by Gasteiger charge is 2.59. The number of fused-ring (bicyclic) bond motifs is 1. The van der Waals surface area contributed by atoms with Gasteiger partial charge in [-0.25, -0.2) is 0 Å². The van der Waals surface area contributed by atoms with E-state index in [-0.39, 0.29) is 29.4 Å². The number of rotatable bonds is 4. The fourth-order valence-electron chi connectivity index (χ4n) is 4.88. The lowest BCUT2D eigenvalue weighted by Crippen LogP contribution is -2.68. The Morgan fingerprint density at radius 3 is 2.72 bits per heavy atom. The molecule has 1 saturated heterocycles. The van der Waals surface area contributed by atoms with Gasteiger partial charge in [-0.1, -0.05) is 27.2 Å². The molecule has 7 heteroatoms. The minimum absolute atomic E-state index is 0. The van der Waals surface area contributed by atoms with Gasteiger partial charge in [0.1, 0.15) is 0 Å². The third-order valence-electron chi connectivity index (χ3n) is 6.24. The quantitative estimate of drug-likeness (QED) is 0.367. The van der Waals surface area contributed by atoms with Gasteiger partial charge in [-0.15, -0.1) is 24.0 Å². The summed E-state index contributed by atoms with van der Waals surface area (Å²) in [5, 5.41) is 7.59. The predicted octanol–water partition coefficient (Wildman–Crippen LogP) is 2.66. The summed E-state index contributed by atoms with van der Waals surface area (Å²) >= 11 is 0. The lowest BCUT2D eigenvalue weighted by Gasteiger charge is -2.55. The molecule has 3 fully saturated rings. The summed E-state index contributed by atoms with van der Waals surface area (Å²) < 4.78 is 18.0. The van der Waals surface area contributed by atoms with Crippen LogP contribution in [0.15, 0.2) is 4.99 Å². The van der Waals surface area contributed by atoms with Crippen LogP contribution in [0.25, 0.3) is 0 Å². The lowest BCUT2D eigenvalue weighted by molar-refractivity contribution is -0.106. The third-order valence-corrected chi connectivity index (χ3v) is 7.98. The lowest BCUT2D eigenvalue weighted by atomic mass is 9.57. The van der Waals surface area contributed by atoms with Gasteiger partial charge in [-0.05, 0) is 25.7 Å². The second kappa shape index (κ2) is 8.87. The summed E-state index contributed by atoms with van der Waals surface area (Å²) in [6, 6.07) is 0.796. The average Bonchev–Trinajstić information content (AvgIpc) is 3.05. The summed E-state index contributed by atoms with van der Waals surface area (Å²) in [4.78, 5) is 4.45. The molecule has 1 aliphatic heterocycles. The minimum atomic E-state index is -0.685. The molecule has 6 atom stereocenters. The van der Waals surface area contributed by atoms with E-state index in [1.807, 2.05) is 14.0 Å². The molecule has 3 rings (SSSR count). The Morgan fingerprint density at radius 2 is 2.04 bits per heavy atom. The molecule has 2 saturated carbocycles. The Bertz CT molecular complexity index is 515. The first-order chi connectivity index (χ1) is 11.5. The molecule has 0 aromatic carbocycles. The van der Waals surface area contributed by atoms with Crippen molar-refractivity contribution in [3.63, 3.8) is 0 Å². The largest absolute Gasteiger partial charge is 0.377 e. The molecule has 0 spiro atoms. The van der Waals surface area contributed by atoms with Gasteiger partial charge in [0.25, 0.3) is 0 Å². The van der Waals surface area contributed by atoms with Crippen LogP contribution in [0.4, 0.5) is 0 Å². The van der Waals surface area contributed by atoms with Crippen LogP contribution >= 0.6 is 24.0 Å². The summed E-state index contributed by atoms with van der Waals surface area (Å²) in [7, 11) is 1.16. The summed E-state index contributed by atoms with van der Waals surface area (Å²) in [5.41, 5.74) is 0.150. The molecule has 146 valence electrons. The van der Waals surface area contributed by atoms with E-state index in [0.717, 1.165) is 50.4 Å². The van der Waals surface area contributed by atoms with E-state index in [4.69, 9.17) is 4.74 Å². The highest BCUT2D eigenvalue weighted by atomic mass is 127. The summed E-state index contributed by atoms with van der Waals surface area (Å²) in [6.45, 7) is 7.47. The van der Waals surface area contributed by atoms with Gasteiger partial charge in [0.05, 0.1) is 6.10 Å². The van der Waals surface area contributed by atoms with Crippen molar-refractivity contribution in [1.29, 1.82) is 0 Å². The normalized spacial score (nSPS) is 38.1. The first-order valence-corrected chi connectivity index (χ1v) is 10.8. The van der Waals surface area contributed by atoms with Gasteiger partial charge in [-0.2, -0.15) is 0 Å². The number of hydrogen-bond acceptors (Lipinski definition) is 3. The van der Waals surface area contributed by atoms with Crippen LogP contribution in [-0.2, 0) is 15.5 Å². The monoisotopic (exact) mass is 483 g/mol. The Hall–Kier alpha value is 0.110. The van der Waals surface area contributed by atoms with E-state index in [1.54, 1.807) is 0 Å². The molecule has 6 unspecified atom stereocenters. The predicted molar refractivity (Wildman–Crippen MR) is 115 cm³/mol. The maximum atomic E-state index is 12.1. The van der Waals surface area contributed by atoms with E-state index in [0.29, 0.717) is 29.4 Å². The Balaban J connectivity index is 0.00000225. The average molecular weight is 483 g/mol. The highest BCUT2D eigenvalue weighted by molar-refractivity contribution is 14.0. The van der Waals surface area contributed by atoms with Crippen LogP contribution in [-0.4, -0.2) is 53.0 Å². The molecular weight excluding hydrogens is 449 g/mol. The molecule has 0 amide bonds. The molecule has 1 heterocycles. The van der Waals surface area contributed by atoms with Gasteiger partial charge < -0.3 is 15.4 Å². The van der Waals surface area contributed by atoms with Gasteiger partial charge in [-0.3, -0.25) is 9.20 Å². The number of nitrogens with zero attached hydrogens (tertiary/aromatic N) is 1. The molecule has 0 aromatic rings. The van der Waals surface area contributed by atoms with Crippen molar-refractivity contribution in [3.05, 3.63) is 0 Å². The molecule has 3 aliphatic rings. The van der Waals surface area contributed by atoms with Gasteiger partial charge in [0.2, 0.25) is 0 Å². The van der Waals surface area contributed by atoms with Crippen molar-refractivity contribution >= 4 is 40.7 Å². The van der Waals surface area contributed by atoms with Crippen LogP contribution in [0.2, 0.25) is 0 Å². The van der Waals surface area contributed by atoms with Gasteiger partial charge in [0, 0.05) is 58.9 Å². The fraction of sp³-hybridized carbons (Fsp3) is 0.944. The van der Waals surface area contributed by atoms with E-state index in [9.17, 15) is 4.21 Å². The number of aliphatic imine (C=N–C) groups is 1. The zero-order valence-corrected chi connectivity index (χ0v) is 19.1. The SMILES string of the molecule is CCS(=O)C1CCCC(NC(=NC)NC2C3CCOC3C2(C)C)C1.I. The van der Waals surface area contributed by atoms with E-state index in [1.165, 1.54) is 0 Å². The molecule has 2 aliphatic carbocycles. The van der Waals surface area contributed by atoms with Crippen molar-refractivity contribution in [2.75, 3.05) is 19.4 Å². The van der Waals surface area contributed by atoms with E-state index in [2.05, 4.69) is 29.5 Å². The van der Waals surface area contributed by atoms with Crippen LogP contribution < -0.4 is 10.6 Å². The highest BCUT2D eigenvalue weighted by Crippen LogP contribution is 2.52. The van der Waals surface area contributed by atoms with Crippen molar-refractivity contribution < 1.29 is 8.95 Å². The van der Waals surface area contributed by atoms with E-state index < -0.39 is 10.8 Å². The zero-order chi connectivity index (χ0) is 17.3. The Labute approximate surface area is 172 Å². The molecule has 0 bridgehead atoms. The smallest absolute Gasteiger partial charge is 0.191 e. The number of guanidine groups is 1. The number of nitrogens with one attached hydrogen (secondary N) is 2. The van der Waals surface area contributed by atoms with Crippen LogP contribution in [0.5, 0.6) is 0 Å². The number of hydrogen-bond donors (Lipinski definition) is 2. The maximum absolute atomic E-state index is 12.1. The van der Waals surface area contributed by atoms with Crippen LogP contribution in [0.1, 0.15) is 52.9 Å². The van der Waals surface area contributed by atoms with Gasteiger partial charge >= 0.3 is 0 Å². The molecule has 0 aromatic heterocycles. The topological polar surface area (TPSA) is 62.7 Å². The Morgan fingerprint density at radius 1 is 1.28 bits per heavy atom. The van der Waals surface area contributed by atoms with E-state index >= 15 is 0 Å². The summed E-state index contributed by atoms with van der Waals surface area (Å²) in [6.07, 6.45) is 5.91. The van der Waals surface area contributed by atoms with Gasteiger partial charge in [0.15, 0.2) is 5.96 Å². The van der Waals surface area contributed by atoms with Crippen molar-refractivity contribution in [2.24, 2.45) is 16.3 Å². The van der Waals surface area contributed by atoms with Crippen molar-refractivity contribution in [1.82, 2.24) is 10.6 Å². The third kappa shape index (κ3) is 4.34. The number of ether oxygens (including phenoxy) is 1. The zero-order valence-electron chi connectivity index (χ0n) is 15.9. The van der Waals surface area contributed by atoms with Crippen molar-refractivity contribution in [2.45, 2.75) is 76.3 Å². The maximum Gasteiger partial charge on any atom is 0.191 e. The summed E-state index contributed by atoms with van der Waals surface area (Å²) in [5.74, 6) is 2.26. The van der Waals surface area contributed by atoms with Crippen molar-refractivity contribution in [3.8, 4) is 0 Å². The standard InChI is InChI=1S/C18H33N3O2S.HI/c1-5-24(22)13-8-6-7-12(11-13)20-17(19-4)21-15-14-9-10-23-16(14)18(15,2)3;/h12-16H,5-11H2,1-4H3,(H2,19,20,21);1H. The molecule has 5 nitrogen and oxygen atoms in total. The molecular formula is C18H34IN3O2S. The first-order valence-electron chi connectivity index (χ1n) is 9.46. The molecule has 0 radical (unpaired) electrons. The molecule has 2 N–H and O–H groups in total. The fourth-order valence-corrected chi connectivity index (χ4v) is 6.23.